The van der Waals surface area contributed by atoms with Gasteiger partial charge in [-0.3, -0.25) is 0 Å². The smallest absolute Gasteiger partial charge is 0.160 e. The van der Waals surface area contributed by atoms with E-state index in [-0.39, 0.29) is 10.8 Å². The van der Waals surface area contributed by atoms with Crippen LogP contribution in [-0.2, 0) is 10.8 Å². The van der Waals surface area contributed by atoms with Crippen molar-refractivity contribution in [1.82, 2.24) is 9.97 Å². The molecule has 1 aromatic heterocycles. The molecule has 0 aliphatic heterocycles. The molecule has 2 aliphatic rings. The van der Waals surface area contributed by atoms with Crippen LogP contribution in [0.1, 0.15) is 48.6 Å². The van der Waals surface area contributed by atoms with Crippen LogP contribution in [0.15, 0.2) is 200 Å². The molecule has 0 fully saturated rings. The number of aromatic nitrogens is 2. The molecule has 0 saturated heterocycles. The summed E-state index contributed by atoms with van der Waals surface area (Å²) in [5.74, 6) is 0.712. The van der Waals surface area contributed by atoms with Crippen molar-refractivity contribution in [2.45, 2.75) is 31.6 Å². The maximum atomic E-state index is 5.33. The number of hydrogen-bond acceptors (Lipinski definition) is 2. The summed E-state index contributed by atoms with van der Waals surface area (Å²) in [6.07, 6.45) is 0. The highest BCUT2D eigenvalue weighted by atomic mass is 14.9. The molecule has 0 saturated carbocycles. The second kappa shape index (κ2) is 13.3. The lowest BCUT2D eigenvalue weighted by atomic mass is 9.74. The zero-order valence-electron chi connectivity index (χ0n) is 34.4. The normalized spacial score (nSPS) is 15.7. The summed E-state index contributed by atoms with van der Waals surface area (Å²) < 4.78 is 0. The van der Waals surface area contributed by atoms with Gasteiger partial charge in [-0.25, -0.2) is 9.97 Å². The molecule has 1 heterocycles. The fourth-order valence-electron chi connectivity index (χ4n) is 10.6. The summed E-state index contributed by atoms with van der Waals surface area (Å²) in [5.41, 5.74) is 18.9. The van der Waals surface area contributed by atoms with E-state index < -0.39 is 0 Å². The highest BCUT2D eigenvalue weighted by Gasteiger charge is 2.41. The minimum atomic E-state index is -0.259. The number of hydrogen-bond donors (Lipinski definition) is 0. The molecule has 0 bridgehead atoms. The van der Waals surface area contributed by atoms with Gasteiger partial charge in [0.25, 0.3) is 0 Å². The fraction of sp³-hybridized carbons (Fsp3) is 0.0847. The lowest BCUT2D eigenvalue weighted by Crippen LogP contribution is -2.22. The molecule has 2 aliphatic carbocycles. The number of nitrogens with zero attached hydrogens (tertiary/aromatic N) is 2. The van der Waals surface area contributed by atoms with Gasteiger partial charge < -0.3 is 0 Å². The summed E-state index contributed by atoms with van der Waals surface area (Å²) >= 11 is 0. The maximum Gasteiger partial charge on any atom is 0.160 e. The molecule has 288 valence electrons. The minimum Gasteiger partial charge on any atom is -0.228 e. The van der Waals surface area contributed by atoms with E-state index in [4.69, 9.17) is 9.97 Å². The Bertz CT molecular complexity index is 3400. The average molecular weight is 779 g/mol. The van der Waals surface area contributed by atoms with Crippen LogP contribution in [0.2, 0.25) is 0 Å². The molecule has 2 nitrogen and oxygen atoms in total. The molecule has 61 heavy (non-hydrogen) atoms. The number of benzene rings is 9. The maximum absolute atomic E-state index is 5.33. The van der Waals surface area contributed by atoms with Crippen molar-refractivity contribution in [1.29, 1.82) is 0 Å². The van der Waals surface area contributed by atoms with Gasteiger partial charge in [0.2, 0.25) is 0 Å². The summed E-state index contributed by atoms with van der Waals surface area (Å²) in [6.45, 7) is 7.08. The van der Waals surface area contributed by atoms with Crippen molar-refractivity contribution in [2.24, 2.45) is 0 Å². The quantitative estimate of drug-likeness (QED) is 0.174. The second-order valence-corrected chi connectivity index (χ2v) is 17.5. The fourth-order valence-corrected chi connectivity index (χ4v) is 10.6. The third kappa shape index (κ3) is 5.35. The Morgan fingerprint density at radius 1 is 0.328 bits per heavy atom. The van der Waals surface area contributed by atoms with Gasteiger partial charge in [0, 0.05) is 27.5 Å². The molecule has 12 rings (SSSR count). The van der Waals surface area contributed by atoms with Crippen LogP contribution in [-0.4, -0.2) is 9.97 Å². The van der Waals surface area contributed by atoms with Gasteiger partial charge in [0.15, 0.2) is 5.82 Å². The molecule has 10 aromatic rings. The lowest BCUT2D eigenvalue weighted by molar-refractivity contribution is 0.661. The number of fused-ring (bicyclic) bond motifs is 8. The Morgan fingerprint density at radius 2 is 0.885 bits per heavy atom. The molecule has 2 heteroatoms. The van der Waals surface area contributed by atoms with Gasteiger partial charge in [-0.05, 0) is 120 Å². The largest absolute Gasteiger partial charge is 0.228 e. The summed E-state index contributed by atoms with van der Waals surface area (Å²) in [5, 5.41) is 4.93. The van der Waals surface area contributed by atoms with Gasteiger partial charge in [-0.1, -0.05) is 184 Å². The molecule has 9 aromatic carbocycles. The van der Waals surface area contributed by atoms with Crippen LogP contribution >= 0.6 is 0 Å². The SMILES string of the molecule is CC1(C)c2ccc(-c3ccc(-c4cc(-c5ccc6c(c5)-c5ccccc5C6(C)c5ccccc5)nc(-c5ccccc5)n4)c4ccccc34)cc2-c2cc3ccccc3cc21. The average Bonchev–Trinajstić information content (AvgIpc) is 3.71. The zero-order chi connectivity index (χ0) is 40.9. The summed E-state index contributed by atoms with van der Waals surface area (Å²) in [6, 6.07) is 73.2. The van der Waals surface area contributed by atoms with Crippen LogP contribution < -0.4 is 0 Å². The van der Waals surface area contributed by atoms with Crippen LogP contribution in [0, 0.1) is 0 Å². The molecular formula is C59H42N2. The third-order valence-corrected chi connectivity index (χ3v) is 13.8. The van der Waals surface area contributed by atoms with Crippen LogP contribution in [0.25, 0.3) is 88.8 Å². The predicted octanol–water partition coefficient (Wildman–Crippen LogP) is 15.1. The Morgan fingerprint density at radius 3 is 1.69 bits per heavy atom. The van der Waals surface area contributed by atoms with Crippen molar-refractivity contribution in [2.75, 3.05) is 0 Å². The van der Waals surface area contributed by atoms with E-state index in [1.807, 2.05) is 6.07 Å². The number of rotatable bonds is 5. The molecule has 1 atom stereocenters. The van der Waals surface area contributed by atoms with E-state index >= 15 is 0 Å². The monoisotopic (exact) mass is 778 g/mol. The van der Waals surface area contributed by atoms with Crippen molar-refractivity contribution in [3.05, 3.63) is 228 Å². The predicted molar refractivity (Wildman–Crippen MR) is 254 cm³/mol. The zero-order valence-corrected chi connectivity index (χ0v) is 34.4. The topological polar surface area (TPSA) is 25.8 Å². The van der Waals surface area contributed by atoms with Crippen LogP contribution in [0.4, 0.5) is 0 Å². The highest BCUT2D eigenvalue weighted by Crippen LogP contribution is 2.54. The van der Waals surface area contributed by atoms with E-state index in [9.17, 15) is 0 Å². The first-order valence-electron chi connectivity index (χ1n) is 21.3. The van der Waals surface area contributed by atoms with E-state index in [0.29, 0.717) is 5.82 Å². The van der Waals surface area contributed by atoms with E-state index in [2.05, 4.69) is 215 Å². The Balaban J connectivity index is 1.01. The first kappa shape index (κ1) is 35.5. The van der Waals surface area contributed by atoms with E-state index in [1.54, 1.807) is 0 Å². The molecular weight excluding hydrogens is 737 g/mol. The van der Waals surface area contributed by atoms with Crippen LogP contribution in [0.5, 0.6) is 0 Å². The van der Waals surface area contributed by atoms with Gasteiger partial charge in [-0.2, -0.15) is 0 Å². The van der Waals surface area contributed by atoms with Crippen LogP contribution in [0.3, 0.4) is 0 Å². The van der Waals surface area contributed by atoms with Gasteiger partial charge in [0.05, 0.1) is 11.4 Å². The third-order valence-electron chi connectivity index (χ3n) is 13.8. The molecule has 0 spiro atoms. The minimum absolute atomic E-state index is 0.0793. The van der Waals surface area contributed by atoms with E-state index in [0.717, 1.165) is 33.5 Å². The van der Waals surface area contributed by atoms with Crippen molar-refractivity contribution >= 4 is 21.5 Å². The standard InChI is InChI=1S/C59H42N2/c1-58(2)51-30-26-40(33-49(51)50-32-38-18-10-11-19-39(38)35-54(50)58)43-28-29-47(45-23-13-12-22-44(43)45)56-36-55(60-57(61-56)37-16-6-4-7-17-37)41-27-31-53-48(34-41)46-24-14-15-25-52(46)59(53,3)42-20-8-5-9-21-42/h4-36H,1-3H3. The molecule has 1 unspecified atom stereocenters. The van der Waals surface area contributed by atoms with E-state index in [1.165, 1.54) is 77.4 Å². The first-order valence-corrected chi connectivity index (χ1v) is 21.3. The van der Waals surface area contributed by atoms with Gasteiger partial charge in [-0.15, -0.1) is 0 Å². The lowest BCUT2D eigenvalue weighted by Gasteiger charge is -2.28. The Hall–Kier alpha value is -7.42. The highest BCUT2D eigenvalue weighted by molar-refractivity contribution is 6.06. The van der Waals surface area contributed by atoms with Gasteiger partial charge in [0.1, 0.15) is 0 Å². The first-order chi connectivity index (χ1) is 29.9. The van der Waals surface area contributed by atoms with Crippen molar-refractivity contribution < 1.29 is 0 Å². The summed E-state index contributed by atoms with van der Waals surface area (Å²) in [4.78, 5) is 10.6. The van der Waals surface area contributed by atoms with Gasteiger partial charge >= 0.3 is 0 Å². The molecule has 0 radical (unpaired) electrons. The molecule has 0 N–H and O–H groups in total. The second-order valence-electron chi connectivity index (χ2n) is 17.5. The van der Waals surface area contributed by atoms with Crippen molar-refractivity contribution in [3.8, 4) is 67.3 Å². The Labute approximate surface area is 356 Å². The van der Waals surface area contributed by atoms with Crippen molar-refractivity contribution in [3.63, 3.8) is 0 Å². The Kier molecular flexibility index (Phi) is 7.74. The molecule has 0 amide bonds. The summed E-state index contributed by atoms with van der Waals surface area (Å²) in [7, 11) is 0.